The third kappa shape index (κ3) is 3.61. The van der Waals surface area contributed by atoms with Crippen molar-refractivity contribution in [2.24, 2.45) is 0 Å². The summed E-state index contributed by atoms with van der Waals surface area (Å²) in [6.07, 6.45) is 0. The molecule has 1 unspecified atom stereocenters. The van der Waals surface area contributed by atoms with Crippen LogP contribution in [0.2, 0.25) is 0 Å². The summed E-state index contributed by atoms with van der Waals surface area (Å²) < 4.78 is 26.9. The summed E-state index contributed by atoms with van der Waals surface area (Å²) in [6.45, 7) is 1.62. The molecule has 0 fully saturated rings. The quantitative estimate of drug-likeness (QED) is 0.937. The van der Waals surface area contributed by atoms with Gasteiger partial charge in [-0.15, -0.1) is 0 Å². The second-order valence-electron chi connectivity index (χ2n) is 5.30. The SMILES string of the molecule is CC(NC(=O)c1ccc(N(C)C)cc1)c1cc(F)ccc1F. The number of hydrogen-bond donors (Lipinski definition) is 1. The van der Waals surface area contributed by atoms with E-state index in [1.54, 1.807) is 19.1 Å². The molecule has 0 aromatic heterocycles. The number of anilines is 1. The standard InChI is InChI=1S/C17H18F2N2O/c1-11(15-10-13(18)6-9-16(15)19)20-17(22)12-4-7-14(8-5-12)21(2)3/h4-11H,1-3H3,(H,20,22). The molecule has 0 saturated carbocycles. The lowest BCUT2D eigenvalue weighted by Crippen LogP contribution is -2.27. The van der Waals surface area contributed by atoms with Crippen LogP contribution in [0.1, 0.15) is 28.9 Å². The summed E-state index contributed by atoms with van der Waals surface area (Å²) in [5.74, 6) is -1.41. The molecule has 1 N–H and O–H groups in total. The topological polar surface area (TPSA) is 32.3 Å². The van der Waals surface area contributed by atoms with Crippen molar-refractivity contribution in [3.05, 3.63) is 65.2 Å². The van der Waals surface area contributed by atoms with Crippen LogP contribution >= 0.6 is 0 Å². The molecule has 0 spiro atoms. The Bertz CT molecular complexity index is 669. The first-order chi connectivity index (χ1) is 10.4. The Balaban J connectivity index is 2.12. The number of benzene rings is 2. The lowest BCUT2D eigenvalue weighted by atomic mass is 10.1. The summed E-state index contributed by atoms with van der Waals surface area (Å²) in [6, 6.07) is 9.60. The predicted octanol–water partition coefficient (Wildman–Crippen LogP) is 3.52. The zero-order valence-electron chi connectivity index (χ0n) is 12.7. The summed E-state index contributed by atoms with van der Waals surface area (Å²) in [4.78, 5) is 14.1. The van der Waals surface area contributed by atoms with E-state index < -0.39 is 17.7 Å². The Morgan fingerprint density at radius 2 is 1.73 bits per heavy atom. The van der Waals surface area contributed by atoms with Crippen LogP contribution in [0.5, 0.6) is 0 Å². The highest BCUT2D eigenvalue weighted by molar-refractivity contribution is 5.94. The maximum atomic E-state index is 13.7. The van der Waals surface area contributed by atoms with Crippen molar-refractivity contribution in [1.29, 1.82) is 0 Å². The van der Waals surface area contributed by atoms with Gasteiger partial charge in [0.1, 0.15) is 11.6 Å². The third-order valence-electron chi connectivity index (χ3n) is 3.42. The molecule has 0 radical (unpaired) electrons. The van der Waals surface area contributed by atoms with E-state index in [2.05, 4.69) is 5.32 Å². The van der Waals surface area contributed by atoms with E-state index in [1.165, 1.54) is 0 Å². The highest BCUT2D eigenvalue weighted by atomic mass is 19.1. The van der Waals surface area contributed by atoms with Gasteiger partial charge < -0.3 is 10.2 Å². The number of nitrogens with zero attached hydrogens (tertiary/aromatic N) is 1. The molecular weight excluding hydrogens is 286 g/mol. The molecule has 2 rings (SSSR count). The van der Waals surface area contributed by atoms with Gasteiger partial charge in [0.15, 0.2) is 0 Å². The third-order valence-corrected chi connectivity index (χ3v) is 3.42. The van der Waals surface area contributed by atoms with E-state index in [4.69, 9.17) is 0 Å². The molecule has 2 aromatic rings. The first kappa shape index (κ1) is 15.9. The maximum Gasteiger partial charge on any atom is 0.251 e. The molecule has 0 aliphatic carbocycles. The van der Waals surface area contributed by atoms with Gasteiger partial charge >= 0.3 is 0 Å². The average Bonchev–Trinajstić information content (AvgIpc) is 2.49. The second kappa shape index (κ2) is 6.56. The van der Waals surface area contributed by atoms with Crippen LogP contribution in [0.15, 0.2) is 42.5 Å². The summed E-state index contributed by atoms with van der Waals surface area (Å²) in [5.41, 5.74) is 1.56. The minimum absolute atomic E-state index is 0.123. The molecule has 0 aliphatic heterocycles. The normalized spacial score (nSPS) is 11.9. The summed E-state index contributed by atoms with van der Waals surface area (Å²) >= 11 is 0. The molecule has 5 heteroatoms. The minimum Gasteiger partial charge on any atom is -0.378 e. The monoisotopic (exact) mass is 304 g/mol. The van der Waals surface area contributed by atoms with Crippen LogP contribution in [0, 0.1) is 11.6 Å². The fourth-order valence-electron chi connectivity index (χ4n) is 2.12. The highest BCUT2D eigenvalue weighted by Gasteiger charge is 2.15. The van der Waals surface area contributed by atoms with Gasteiger partial charge in [-0.25, -0.2) is 8.78 Å². The fraction of sp³-hybridized carbons (Fsp3) is 0.235. The first-order valence-corrected chi connectivity index (χ1v) is 6.91. The van der Waals surface area contributed by atoms with E-state index in [9.17, 15) is 13.6 Å². The van der Waals surface area contributed by atoms with Gasteiger partial charge in [0, 0.05) is 30.9 Å². The van der Waals surface area contributed by atoms with Gasteiger partial charge in [0.2, 0.25) is 0 Å². The maximum absolute atomic E-state index is 13.7. The largest absolute Gasteiger partial charge is 0.378 e. The lowest BCUT2D eigenvalue weighted by molar-refractivity contribution is 0.0939. The van der Waals surface area contributed by atoms with E-state index in [0.717, 1.165) is 23.9 Å². The Morgan fingerprint density at radius 1 is 1.09 bits per heavy atom. The Labute approximate surface area is 128 Å². The number of amides is 1. The highest BCUT2D eigenvalue weighted by Crippen LogP contribution is 2.19. The zero-order chi connectivity index (χ0) is 16.3. The Hall–Kier alpha value is -2.43. The molecule has 1 amide bonds. The van der Waals surface area contributed by atoms with E-state index in [0.29, 0.717) is 5.56 Å². The number of carbonyl (C=O) groups excluding carboxylic acids is 1. The number of nitrogens with one attached hydrogen (secondary N) is 1. The molecule has 3 nitrogen and oxygen atoms in total. The summed E-state index contributed by atoms with van der Waals surface area (Å²) in [5, 5.41) is 2.67. The van der Waals surface area contributed by atoms with Crippen molar-refractivity contribution >= 4 is 11.6 Å². The molecule has 0 heterocycles. The van der Waals surface area contributed by atoms with E-state index in [1.807, 2.05) is 31.1 Å². The van der Waals surface area contributed by atoms with Crippen LogP contribution in [0.3, 0.4) is 0 Å². The molecular formula is C17H18F2N2O. The van der Waals surface area contributed by atoms with Crippen molar-refractivity contribution in [3.63, 3.8) is 0 Å². The average molecular weight is 304 g/mol. The van der Waals surface area contributed by atoms with Crippen molar-refractivity contribution in [3.8, 4) is 0 Å². The molecule has 1 atom stereocenters. The number of hydrogen-bond acceptors (Lipinski definition) is 2. The van der Waals surface area contributed by atoms with Crippen LogP contribution < -0.4 is 10.2 Å². The van der Waals surface area contributed by atoms with Gasteiger partial charge in [-0.05, 0) is 49.4 Å². The van der Waals surface area contributed by atoms with Crippen molar-refractivity contribution < 1.29 is 13.6 Å². The van der Waals surface area contributed by atoms with Crippen LogP contribution in [-0.4, -0.2) is 20.0 Å². The van der Waals surface area contributed by atoms with Crippen LogP contribution in [0.4, 0.5) is 14.5 Å². The van der Waals surface area contributed by atoms with Gasteiger partial charge in [-0.1, -0.05) is 0 Å². The minimum atomic E-state index is -0.628. The fourth-order valence-corrected chi connectivity index (χ4v) is 2.12. The van der Waals surface area contributed by atoms with Crippen LogP contribution in [-0.2, 0) is 0 Å². The predicted molar refractivity (Wildman–Crippen MR) is 83.0 cm³/mol. The van der Waals surface area contributed by atoms with Gasteiger partial charge in [0.05, 0.1) is 6.04 Å². The molecule has 0 bridgehead atoms. The second-order valence-corrected chi connectivity index (χ2v) is 5.30. The van der Waals surface area contributed by atoms with Gasteiger partial charge in [-0.2, -0.15) is 0 Å². The molecule has 22 heavy (non-hydrogen) atoms. The molecule has 116 valence electrons. The first-order valence-electron chi connectivity index (χ1n) is 6.91. The number of rotatable bonds is 4. The van der Waals surface area contributed by atoms with Crippen LogP contribution in [0.25, 0.3) is 0 Å². The summed E-state index contributed by atoms with van der Waals surface area (Å²) in [7, 11) is 3.81. The van der Waals surface area contributed by atoms with E-state index in [-0.39, 0.29) is 11.5 Å². The van der Waals surface area contributed by atoms with Gasteiger partial charge in [0.25, 0.3) is 5.91 Å². The number of halogens is 2. The van der Waals surface area contributed by atoms with Gasteiger partial charge in [-0.3, -0.25) is 4.79 Å². The molecule has 0 saturated heterocycles. The molecule has 0 aliphatic rings. The number of carbonyl (C=O) groups is 1. The molecule has 2 aromatic carbocycles. The smallest absolute Gasteiger partial charge is 0.251 e. The Kier molecular flexibility index (Phi) is 4.75. The zero-order valence-corrected chi connectivity index (χ0v) is 12.7. The van der Waals surface area contributed by atoms with Crippen molar-refractivity contribution in [2.45, 2.75) is 13.0 Å². The van der Waals surface area contributed by atoms with E-state index >= 15 is 0 Å². The lowest BCUT2D eigenvalue weighted by Gasteiger charge is -2.16. The Morgan fingerprint density at radius 3 is 2.32 bits per heavy atom. The van der Waals surface area contributed by atoms with Crippen molar-refractivity contribution in [1.82, 2.24) is 5.32 Å². The van der Waals surface area contributed by atoms with Crippen molar-refractivity contribution in [2.75, 3.05) is 19.0 Å².